The summed E-state index contributed by atoms with van der Waals surface area (Å²) >= 11 is 0. The highest BCUT2D eigenvalue weighted by atomic mass is 16.3. The Morgan fingerprint density at radius 1 is 1.00 bits per heavy atom. The van der Waals surface area contributed by atoms with E-state index in [2.05, 4.69) is 4.90 Å². The summed E-state index contributed by atoms with van der Waals surface area (Å²) in [5.41, 5.74) is 6.70. The predicted molar refractivity (Wildman–Crippen MR) is 78.0 cm³/mol. The third kappa shape index (κ3) is 2.84. The first-order valence-corrected chi connectivity index (χ1v) is 8.29. The minimum absolute atomic E-state index is 0.154. The lowest BCUT2D eigenvalue weighted by atomic mass is 9.75. The van der Waals surface area contributed by atoms with Gasteiger partial charge in [0.1, 0.15) is 0 Å². The molecule has 1 spiro atoms. The molecule has 19 heavy (non-hydrogen) atoms. The van der Waals surface area contributed by atoms with Gasteiger partial charge < -0.3 is 15.7 Å². The van der Waals surface area contributed by atoms with Gasteiger partial charge in [0.2, 0.25) is 0 Å². The molecule has 0 aromatic rings. The van der Waals surface area contributed by atoms with Crippen molar-refractivity contribution >= 4 is 0 Å². The quantitative estimate of drug-likeness (QED) is 0.806. The van der Waals surface area contributed by atoms with Gasteiger partial charge in [0.15, 0.2) is 0 Å². The fourth-order valence-electron chi connectivity index (χ4n) is 4.81. The number of hydrogen-bond donors (Lipinski definition) is 2. The van der Waals surface area contributed by atoms with Crippen molar-refractivity contribution in [1.29, 1.82) is 0 Å². The molecule has 2 unspecified atom stereocenters. The molecule has 1 saturated heterocycles. The molecule has 110 valence electrons. The van der Waals surface area contributed by atoms with Gasteiger partial charge in [0, 0.05) is 11.6 Å². The molecule has 0 aromatic carbocycles. The molecule has 3 aliphatic rings. The van der Waals surface area contributed by atoms with Crippen LogP contribution in [-0.2, 0) is 0 Å². The number of likely N-dealkylation sites (tertiary alicyclic amines) is 1. The number of aliphatic hydroxyl groups excluding tert-OH is 1. The Morgan fingerprint density at radius 2 is 1.68 bits per heavy atom. The van der Waals surface area contributed by atoms with E-state index in [0.717, 1.165) is 12.8 Å². The number of nitrogens with two attached hydrogens (primary N) is 1. The Balaban J connectivity index is 1.56. The highest BCUT2D eigenvalue weighted by molar-refractivity contribution is 4.97. The first-order valence-electron chi connectivity index (χ1n) is 8.29. The highest BCUT2D eigenvalue weighted by Gasteiger charge is 2.40. The molecule has 3 N–H and O–H groups in total. The minimum atomic E-state index is -0.300. The molecular formula is C16H30N2O. The Hall–Kier alpha value is -0.120. The maximum absolute atomic E-state index is 9.49. The molecule has 2 aliphatic carbocycles. The smallest absolute Gasteiger partial charge is 0.0611 e. The minimum Gasteiger partial charge on any atom is -0.394 e. The molecule has 2 atom stereocenters. The Bertz CT molecular complexity index is 304. The van der Waals surface area contributed by atoms with E-state index in [0.29, 0.717) is 11.5 Å². The van der Waals surface area contributed by atoms with Crippen molar-refractivity contribution in [3.63, 3.8) is 0 Å². The molecule has 3 fully saturated rings. The van der Waals surface area contributed by atoms with E-state index in [4.69, 9.17) is 5.73 Å². The monoisotopic (exact) mass is 266 g/mol. The van der Waals surface area contributed by atoms with Gasteiger partial charge in [-0.05, 0) is 69.9 Å². The Kier molecular flexibility index (Phi) is 3.89. The molecule has 2 saturated carbocycles. The van der Waals surface area contributed by atoms with Crippen LogP contribution in [0.3, 0.4) is 0 Å². The summed E-state index contributed by atoms with van der Waals surface area (Å²) in [5.74, 6) is 0. The van der Waals surface area contributed by atoms with Crippen LogP contribution in [0.25, 0.3) is 0 Å². The molecular weight excluding hydrogens is 236 g/mol. The van der Waals surface area contributed by atoms with E-state index in [-0.39, 0.29) is 12.1 Å². The van der Waals surface area contributed by atoms with Crippen molar-refractivity contribution in [1.82, 2.24) is 4.90 Å². The fourth-order valence-corrected chi connectivity index (χ4v) is 4.81. The van der Waals surface area contributed by atoms with E-state index < -0.39 is 0 Å². The molecule has 1 aliphatic heterocycles. The van der Waals surface area contributed by atoms with Crippen LogP contribution in [0.1, 0.15) is 64.2 Å². The molecule has 1 heterocycles. The van der Waals surface area contributed by atoms with Crippen LogP contribution in [0.2, 0.25) is 0 Å². The lowest BCUT2D eigenvalue weighted by Gasteiger charge is -2.47. The van der Waals surface area contributed by atoms with Crippen LogP contribution in [0.5, 0.6) is 0 Å². The maximum atomic E-state index is 9.49. The number of piperidine rings is 1. The molecule has 3 heteroatoms. The first kappa shape index (κ1) is 13.8. The van der Waals surface area contributed by atoms with Crippen LogP contribution in [0.4, 0.5) is 0 Å². The molecule has 0 aromatic heterocycles. The lowest BCUT2D eigenvalue weighted by Crippen LogP contribution is -2.54. The van der Waals surface area contributed by atoms with E-state index in [1.807, 2.05) is 0 Å². The second kappa shape index (κ2) is 5.34. The largest absolute Gasteiger partial charge is 0.394 e. The fraction of sp³-hybridized carbons (Fsp3) is 1.00. The van der Waals surface area contributed by atoms with Crippen LogP contribution in [-0.4, -0.2) is 41.3 Å². The number of nitrogens with zero attached hydrogens (tertiary/aromatic N) is 1. The second-order valence-electron chi connectivity index (χ2n) is 7.51. The topological polar surface area (TPSA) is 49.5 Å². The van der Waals surface area contributed by atoms with Gasteiger partial charge in [-0.3, -0.25) is 0 Å². The normalized spacial score (nSPS) is 39.8. The Morgan fingerprint density at radius 3 is 2.32 bits per heavy atom. The van der Waals surface area contributed by atoms with Crippen molar-refractivity contribution in [3.8, 4) is 0 Å². The summed E-state index contributed by atoms with van der Waals surface area (Å²) in [4.78, 5) is 2.68. The average Bonchev–Trinajstić information content (AvgIpc) is 2.88. The van der Waals surface area contributed by atoms with Gasteiger partial charge in [0.05, 0.1) is 6.61 Å². The lowest BCUT2D eigenvalue weighted by molar-refractivity contribution is 0.0341. The average molecular weight is 266 g/mol. The van der Waals surface area contributed by atoms with Gasteiger partial charge in [-0.2, -0.15) is 0 Å². The van der Waals surface area contributed by atoms with E-state index in [1.165, 1.54) is 64.5 Å². The zero-order valence-electron chi connectivity index (χ0n) is 12.2. The zero-order chi connectivity index (χ0) is 13.3. The summed E-state index contributed by atoms with van der Waals surface area (Å²) < 4.78 is 0. The van der Waals surface area contributed by atoms with E-state index in [1.54, 1.807) is 0 Å². The van der Waals surface area contributed by atoms with Crippen LogP contribution in [0, 0.1) is 5.41 Å². The molecule has 0 radical (unpaired) electrons. The van der Waals surface area contributed by atoms with E-state index in [9.17, 15) is 5.11 Å². The van der Waals surface area contributed by atoms with Crippen LogP contribution < -0.4 is 5.73 Å². The standard InChI is InChI=1S/C16H30N2O/c17-16(13-19)7-3-4-14(12-16)18-10-8-15(9-11-18)5-1-2-6-15/h14,19H,1-13,17H2. The van der Waals surface area contributed by atoms with Gasteiger partial charge in [-0.15, -0.1) is 0 Å². The van der Waals surface area contributed by atoms with Crippen molar-refractivity contribution in [2.75, 3.05) is 19.7 Å². The third-order valence-corrected chi connectivity index (χ3v) is 6.21. The maximum Gasteiger partial charge on any atom is 0.0611 e. The van der Waals surface area contributed by atoms with Crippen molar-refractivity contribution < 1.29 is 5.11 Å². The zero-order valence-corrected chi connectivity index (χ0v) is 12.2. The Labute approximate surface area is 117 Å². The molecule has 3 nitrogen and oxygen atoms in total. The highest BCUT2D eigenvalue weighted by Crippen LogP contribution is 2.47. The van der Waals surface area contributed by atoms with Gasteiger partial charge in [-0.25, -0.2) is 0 Å². The van der Waals surface area contributed by atoms with Crippen LogP contribution >= 0.6 is 0 Å². The summed E-state index contributed by atoms with van der Waals surface area (Å²) in [6.07, 6.45) is 13.1. The summed E-state index contributed by atoms with van der Waals surface area (Å²) in [5, 5.41) is 9.49. The van der Waals surface area contributed by atoms with Crippen molar-refractivity contribution in [2.24, 2.45) is 11.1 Å². The van der Waals surface area contributed by atoms with Gasteiger partial charge in [-0.1, -0.05) is 12.8 Å². The van der Waals surface area contributed by atoms with Crippen molar-refractivity contribution in [2.45, 2.75) is 75.8 Å². The molecule has 0 bridgehead atoms. The summed E-state index contributed by atoms with van der Waals surface area (Å²) in [7, 11) is 0. The number of rotatable bonds is 2. The third-order valence-electron chi connectivity index (χ3n) is 6.21. The summed E-state index contributed by atoms with van der Waals surface area (Å²) in [6, 6.07) is 0.629. The van der Waals surface area contributed by atoms with Gasteiger partial charge in [0.25, 0.3) is 0 Å². The molecule has 3 rings (SSSR count). The van der Waals surface area contributed by atoms with Crippen molar-refractivity contribution in [3.05, 3.63) is 0 Å². The van der Waals surface area contributed by atoms with E-state index >= 15 is 0 Å². The predicted octanol–water partition coefficient (Wildman–Crippen LogP) is 2.27. The first-order chi connectivity index (χ1) is 9.15. The number of hydrogen-bond acceptors (Lipinski definition) is 3. The number of aliphatic hydroxyl groups is 1. The van der Waals surface area contributed by atoms with Gasteiger partial charge >= 0.3 is 0 Å². The summed E-state index contributed by atoms with van der Waals surface area (Å²) in [6.45, 7) is 2.69. The SMILES string of the molecule is NC1(CO)CCCC(N2CCC3(CCCC3)CC2)C1. The van der Waals surface area contributed by atoms with Crippen LogP contribution in [0.15, 0.2) is 0 Å². The second-order valence-corrected chi connectivity index (χ2v) is 7.51. The molecule has 0 amide bonds.